The third-order valence-electron chi connectivity index (χ3n) is 0.980. The molecule has 3 N–H and O–H groups in total. The zero-order chi connectivity index (χ0) is 7.28. The van der Waals surface area contributed by atoms with E-state index in [2.05, 4.69) is 0 Å². The maximum Gasteiger partial charge on any atom is 0.303 e. The topological polar surface area (TPSA) is 77.8 Å². The van der Waals surface area contributed by atoms with Crippen molar-refractivity contribution in [3.8, 4) is 0 Å². The van der Waals surface area contributed by atoms with Crippen LogP contribution in [0.15, 0.2) is 0 Å². The fourth-order valence-electron chi connectivity index (χ4n) is 0.434. The molecule has 0 saturated carbocycles. The largest absolute Gasteiger partial charge is 0.481 e. The first-order valence-electron chi connectivity index (χ1n) is 2.64. The molecule has 0 saturated heterocycles. The molecule has 0 unspecified atom stereocenters. The molecule has 10 heavy (non-hydrogen) atoms. The van der Waals surface area contributed by atoms with Crippen molar-refractivity contribution in [2.24, 2.45) is 5.92 Å². The first-order valence-corrected chi connectivity index (χ1v) is 2.64. The summed E-state index contributed by atoms with van der Waals surface area (Å²) in [5, 5.41) is 24.8. The van der Waals surface area contributed by atoms with Crippen LogP contribution in [0, 0.1) is 5.92 Å². The molecular weight excluding hydrogens is 189 g/mol. The summed E-state index contributed by atoms with van der Waals surface area (Å²) >= 11 is 0. The molecule has 0 aromatic heterocycles. The van der Waals surface area contributed by atoms with Gasteiger partial charge in [-0.15, -0.1) is 0 Å². The van der Waals surface area contributed by atoms with E-state index in [1.807, 2.05) is 0 Å². The number of carboxylic acids is 1. The van der Waals surface area contributed by atoms with Gasteiger partial charge in [0.15, 0.2) is 0 Å². The van der Waals surface area contributed by atoms with Crippen molar-refractivity contribution in [1.82, 2.24) is 0 Å². The van der Waals surface area contributed by atoms with Gasteiger partial charge in [0.2, 0.25) is 0 Å². The molecule has 5 heteroatoms. The number of carboxylic acid groups (broad SMARTS) is 1. The molecule has 0 aromatic rings. The van der Waals surface area contributed by atoms with Crippen LogP contribution in [0.2, 0.25) is 0 Å². The van der Waals surface area contributed by atoms with Crippen molar-refractivity contribution in [3.63, 3.8) is 0 Å². The van der Waals surface area contributed by atoms with Gasteiger partial charge in [-0.2, -0.15) is 0 Å². The van der Waals surface area contributed by atoms with E-state index < -0.39 is 11.9 Å². The normalized spacial score (nSPS) is 9.10. The number of aliphatic carboxylic acids is 1. The smallest absolute Gasteiger partial charge is 0.303 e. The van der Waals surface area contributed by atoms with Gasteiger partial charge in [0.25, 0.3) is 0 Å². The average Bonchev–Trinajstić information content (AvgIpc) is 1.82. The monoisotopic (exact) mass is 198 g/mol. The fourth-order valence-corrected chi connectivity index (χ4v) is 0.434. The molecule has 0 atom stereocenters. The van der Waals surface area contributed by atoms with Gasteiger partial charge in [-0.25, -0.2) is 0 Å². The summed E-state index contributed by atoms with van der Waals surface area (Å²) in [6.07, 6.45) is -0.174. The number of rotatable bonds is 4. The Hall–Kier alpha value is 0.0134. The minimum atomic E-state index is -0.997. The summed E-state index contributed by atoms with van der Waals surface area (Å²) in [7, 11) is 0. The Morgan fingerprint density at radius 2 is 1.70 bits per heavy atom. The van der Waals surface area contributed by atoms with Gasteiger partial charge in [-0.05, 0) is 0 Å². The Bertz CT molecular complexity index is 91.6. The van der Waals surface area contributed by atoms with Crippen LogP contribution in [0.3, 0.4) is 0 Å². The second-order valence-corrected chi connectivity index (χ2v) is 1.83. The Kier molecular flexibility index (Phi) is 9.03. The third kappa shape index (κ3) is 6.14. The molecular formula is C5H10O4Zn. The molecule has 0 amide bonds. The van der Waals surface area contributed by atoms with Gasteiger partial charge in [0.1, 0.15) is 0 Å². The molecule has 0 radical (unpaired) electrons. The fraction of sp³-hybridized carbons (Fsp3) is 0.800. The predicted molar refractivity (Wildman–Crippen MR) is 29.9 cm³/mol. The van der Waals surface area contributed by atoms with Crippen LogP contribution in [0.1, 0.15) is 6.42 Å². The minimum absolute atomic E-state index is 0. The second-order valence-electron chi connectivity index (χ2n) is 1.83. The maximum atomic E-state index is 9.91. The first kappa shape index (κ1) is 12.7. The summed E-state index contributed by atoms with van der Waals surface area (Å²) in [4.78, 5) is 9.91. The van der Waals surface area contributed by atoms with Crippen LogP contribution >= 0.6 is 0 Å². The van der Waals surface area contributed by atoms with E-state index in [0.29, 0.717) is 0 Å². The van der Waals surface area contributed by atoms with Crippen LogP contribution in [0.4, 0.5) is 0 Å². The summed E-state index contributed by atoms with van der Waals surface area (Å²) in [6.45, 7) is -0.550. The van der Waals surface area contributed by atoms with Crippen molar-refractivity contribution in [2.45, 2.75) is 6.42 Å². The van der Waals surface area contributed by atoms with E-state index in [1.165, 1.54) is 0 Å². The molecule has 56 valence electrons. The van der Waals surface area contributed by atoms with Gasteiger partial charge in [0, 0.05) is 38.6 Å². The molecule has 0 aromatic carbocycles. The quantitative estimate of drug-likeness (QED) is 0.511. The van der Waals surface area contributed by atoms with Gasteiger partial charge in [0.05, 0.1) is 6.42 Å². The van der Waals surface area contributed by atoms with Crippen molar-refractivity contribution in [3.05, 3.63) is 0 Å². The Labute approximate surface area is 71.6 Å². The van der Waals surface area contributed by atoms with E-state index in [9.17, 15) is 4.79 Å². The predicted octanol–water partition coefficient (Wildman–Crippen LogP) is -0.941. The van der Waals surface area contributed by atoms with Crippen LogP contribution in [0.5, 0.6) is 0 Å². The number of carbonyl (C=O) groups is 1. The van der Waals surface area contributed by atoms with Gasteiger partial charge < -0.3 is 15.3 Å². The Morgan fingerprint density at radius 3 is 1.80 bits per heavy atom. The molecule has 0 heterocycles. The molecule has 0 aliphatic heterocycles. The van der Waals surface area contributed by atoms with Crippen LogP contribution in [0.25, 0.3) is 0 Å². The summed E-state index contributed by atoms with van der Waals surface area (Å²) < 4.78 is 0. The third-order valence-corrected chi connectivity index (χ3v) is 0.980. The molecule has 0 aliphatic carbocycles. The van der Waals surface area contributed by atoms with Gasteiger partial charge >= 0.3 is 5.97 Å². The van der Waals surface area contributed by atoms with E-state index in [0.717, 1.165) is 0 Å². The van der Waals surface area contributed by atoms with Crippen LogP contribution in [-0.2, 0) is 24.3 Å². The zero-order valence-electron chi connectivity index (χ0n) is 5.66. The van der Waals surface area contributed by atoms with Crippen LogP contribution < -0.4 is 0 Å². The first-order chi connectivity index (χ1) is 4.20. The number of aliphatic hydroxyl groups is 2. The summed E-state index contributed by atoms with van der Waals surface area (Å²) in [5.41, 5.74) is 0. The van der Waals surface area contributed by atoms with E-state index >= 15 is 0 Å². The molecule has 0 aliphatic rings. The summed E-state index contributed by atoms with van der Waals surface area (Å²) in [5.74, 6) is -1.51. The number of hydrogen-bond acceptors (Lipinski definition) is 3. The molecule has 0 spiro atoms. The molecule has 0 fully saturated rings. The second kappa shape index (κ2) is 7.12. The number of hydrogen-bond donors (Lipinski definition) is 3. The molecule has 4 nitrogen and oxygen atoms in total. The van der Waals surface area contributed by atoms with E-state index in [-0.39, 0.29) is 39.1 Å². The van der Waals surface area contributed by atoms with Crippen molar-refractivity contribution in [2.75, 3.05) is 13.2 Å². The van der Waals surface area contributed by atoms with Crippen molar-refractivity contribution < 1.29 is 39.6 Å². The van der Waals surface area contributed by atoms with Gasteiger partial charge in [-0.1, -0.05) is 0 Å². The number of aliphatic hydroxyl groups excluding tert-OH is 2. The SMILES string of the molecule is O=C(O)CC(CO)CO.[Zn]. The molecule has 0 rings (SSSR count). The van der Waals surface area contributed by atoms with Crippen molar-refractivity contribution in [1.29, 1.82) is 0 Å². The summed E-state index contributed by atoms with van der Waals surface area (Å²) in [6, 6.07) is 0. The van der Waals surface area contributed by atoms with Crippen LogP contribution in [-0.4, -0.2) is 34.5 Å². The maximum absolute atomic E-state index is 9.91. The zero-order valence-corrected chi connectivity index (χ0v) is 8.62. The Morgan fingerprint density at radius 1 is 1.30 bits per heavy atom. The minimum Gasteiger partial charge on any atom is -0.481 e. The van der Waals surface area contributed by atoms with E-state index in [4.69, 9.17) is 15.3 Å². The van der Waals surface area contributed by atoms with E-state index in [1.54, 1.807) is 0 Å². The van der Waals surface area contributed by atoms with Gasteiger partial charge in [-0.3, -0.25) is 4.79 Å². The van der Waals surface area contributed by atoms with Crippen molar-refractivity contribution >= 4 is 5.97 Å². The molecule has 0 bridgehead atoms. The standard InChI is InChI=1S/C5H10O4.Zn/c6-2-4(3-7)1-5(8)9;/h4,6-7H,1-3H2,(H,8,9);. The average molecular weight is 200 g/mol. The Balaban J connectivity index is 0.